The van der Waals surface area contributed by atoms with Crippen molar-refractivity contribution in [2.45, 2.75) is 4.90 Å². The van der Waals surface area contributed by atoms with E-state index in [9.17, 15) is 17.6 Å². The molecule has 0 unspecified atom stereocenters. The first-order chi connectivity index (χ1) is 9.81. The van der Waals surface area contributed by atoms with Crippen LogP contribution in [0.15, 0.2) is 47.4 Å². The molecule has 2 aromatic rings. The molecular weight excluding hydrogens is 319 g/mol. The third kappa shape index (κ3) is 3.32. The summed E-state index contributed by atoms with van der Waals surface area (Å²) in [5, 5.41) is -0.138. The van der Waals surface area contributed by atoms with Crippen LogP contribution in [0.3, 0.4) is 0 Å². The average molecular weight is 329 g/mol. The zero-order valence-electron chi connectivity index (χ0n) is 10.5. The molecule has 1 amide bonds. The third-order valence-corrected chi connectivity index (χ3v) is 4.47. The van der Waals surface area contributed by atoms with Gasteiger partial charge in [0.25, 0.3) is 15.9 Å². The van der Waals surface area contributed by atoms with Crippen molar-refractivity contribution in [1.82, 2.24) is 0 Å². The zero-order chi connectivity index (χ0) is 15.6. The van der Waals surface area contributed by atoms with Crippen molar-refractivity contribution >= 4 is 33.2 Å². The van der Waals surface area contributed by atoms with Gasteiger partial charge in [-0.05, 0) is 30.3 Å². The number of nitrogens with one attached hydrogen (secondary N) is 1. The van der Waals surface area contributed by atoms with Crippen LogP contribution in [-0.4, -0.2) is 14.3 Å². The van der Waals surface area contributed by atoms with Gasteiger partial charge in [0.1, 0.15) is 10.7 Å². The van der Waals surface area contributed by atoms with Crippen LogP contribution in [0.2, 0.25) is 5.02 Å². The molecule has 0 saturated carbocycles. The maximum absolute atomic E-state index is 13.2. The molecule has 0 heterocycles. The van der Waals surface area contributed by atoms with E-state index in [0.29, 0.717) is 0 Å². The molecule has 110 valence electrons. The fraction of sp³-hybridized carbons (Fsp3) is 0. The Morgan fingerprint density at radius 3 is 2.52 bits per heavy atom. The molecule has 0 fully saturated rings. The number of halogens is 2. The number of primary amides is 1. The molecular formula is C13H10ClFN2O3S. The van der Waals surface area contributed by atoms with Crippen molar-refractivity contribution in [1.29, 1.82) is 0 Å². The Labute approximate surface area is 125 Å². The van der Waals surface area contributed by atoms with Gasteiger partial charge in [-0.25, -0.2) is 12.8 Å². The van der Waals surface area contributed by atoms with Gasteiger partial charge in [-0.15, -0.1) is 0 Å². The lowest BCUT2D eigenvalue weighted by Gasteiger charge is -2.11. The van der Waals surface area contributed by atoms with Gasteiger partial charge < -0.3 is 5.73 Å². The minimum Gasteiger partial charge on any atom is -0.366 e. The Morgan fingerprint density at radius 2 is 1.86 bits per heavy atom. The Kier molecular flexibility index (Phi) is 4.15. The topological polar surface area (TPSA) is 89.3 Å². The van der Waals surface area contributed by atoms with Crippen LogP contribution in [-0.2, 0) is 10.0 Å². The number of sulfonamides is 1. The first-order valence-corrected chi connectivity index (χ1v) is 7.54. The molecule has 0 bridgehead atoms. The number of benzene rings is 2. The third-order valence-electron chi connectivity index (χ3n) is 2.62. The summed E-state index contributed by atoms with van der Waals surface area (Å²) in [6, 6.07) is 8.75. The molecule has 0 aliphatic rings. The molecule has 0 aliphatic heterocycles. The largest absolute Gasteiger partial charge is 0.366 e. The molecule has 8 heteroatoms. The summed E-state index contributed by atoms with van der Waals surface area (Å²) in [6.07, 6.45) is 0. The van der Waals surface area contributed by atoms with Crippen LogP contribution >= 0.6 is 11.6 Å². The highest BCUT2D eigenvalue weighted by molar-refractivity contribution is 7.92. The maximum atomic E-state index is 13.2. The number of hydrogen-bond donors (Lipinski definition) is 2. The Balaban J connectivity index is 2.48. The second-order valence-corrected chi connectivity index (χ2v) is 6.15. The van der Waals surface area contributed by atoms with Crippen molar-refractivity contribution < 1.29 is 17.6 Å². The zero-order valence-corrected chi connectivity index (χ0v) is 12.1. The van der Waals surface area contributed by atoms with E-state index in [1.165, 1.54) is 24.3 Å². The lowest BCUT2D eigenvalue weighted by Crippen LogP contribution is -2.19. The highest BCUT2D eigenvalue weighted by Gasteiger charge is 2.21. The van der Waals surface area contributed by atoms with E-state index in [-0.39, 0.29) is 16.3 Å². The number of carbonyl (C=O) groups is 1. The fourth-order valence-electron chi connectivity index (χ4n) is 1.67. The van der Waals surface area contributed by atoms with Gasteiger partial charge in [0.2, 0.25) is 0 Å². The van der Waals surface area contributed by atoms with E-state index >= 15 is 0 Å². The molecule has 0 aliphatic carbocycles. The first kappa shape index (κ1) is 15.3. The van der Waals surface area contributed by atoms with Gasteiger partial charge in [0.15, 0.2) is 0 Å². The predicted molar refractivity (Wildman–Crippen MR) is 77.2 cm³/mol. The standard InChI is InChI=1S/C13H10ClFN2O3S/c14-10-6-5-8(15)7-12(10)21(19,20)17-11-4-2-1-3-9(11)13(16)18/h1-7,17H,(H2,16,18). The van der Waals surface area contributed by atoms with Gasteiger partial charge in [-0.2, -0.15) is 0 Å². The Hall–Kier alpha value is -2.12. The number of amides is 1. The van der Waals surface area contributed by atoms with Crippen LogP contribution < -0.4 is 10.5 Å². The quantitative estimate of drug-likeness (QED) is 0.903. The molecule has 0 saturated heterocycles. The van der Waals surface area contributed by atoms with E-state index in [0.717, 1.165) is 18.2 Å². The second kappa shape index (κ2) is 5.71. The normalized spacial score (nSPS) is 11.1. The summed E-state index contributed by atoms with van der Waals surface area (Å²) < 4.78 is 39.8. The van der Waals surface area contributed by atoms with E-state index in [2.05, 4.69) is 4.72 Å². The smallest absolute Gasteiger partial charge is 0.263 e. The number of nitrogens with two attached hydrogens (primary N) is 1. The summed E-state index contributed by atoms with van der Waals surface area (Å²) in [5.41, 5.74) is 5.15. The summed E-state index contributed by atoms with van der Waals surface area (Å²) in [6.45, 7) is 0. The molecule has 0 spiro atoms. The molecule has 0 radical (unpaired) electrons. The summed E-state index contributed by atoms with van der Waals surface area (Å²) in [4.78, 5) is 10.8. The van der Waals surface area contributed by atoms with Crippen LogP contribution in [0.4, 0.5) is 10.1 Å². The van der Waals surface area contributed by atoms with Crippen LogP contribution in [0.25, 0.3) is 0 Å². The highest BCUT2D eigenvalue weighted by atomic mass is 35.5. The van der Waals surface area contributed by atoms with Gasteiger partial charge in [-0.3, -0.25) is 9.52 Å². The van der Waals surface area contributed by atoms with Gasteiger partial charge in [-0.1, -0.05) is 23.7 Å². The molecule has 21 heavy (non-hydrogen) atoms. The van der Waals surface area contributed by atoms with E-state index in [1.54, 1.807) is 0 Å². The van der Waals surface area contributed by atoms with Crippen LogP contribution in [0.1, 0.15) is 10.4 Å². The summed E-state index contributed by atoms with van der Waals surface area (Å²) in [7, 11) is -4.15. The van der Waals surface area contributed by atoms with Crippen LogP contribution in [0.5, 0.6) is 0 Å². The molecule has 5 nitrogen and oxygen atoms in total. The Morgan fingerprint density at radius 1 is 1.19 bits per heavy atom. The monoisotopic (exact) mass is 328 g/mol. The fourth-order valence-corrected chi connectivity index (χ4v) is 3.26. The van der Waals surface area contributed by atoms with E-state index in [1.807, 2.05) is 0 Å². The SMILES string of the molecule is NC(=O)c1ccccc1NS(=O)(=O)c1cc(F)ccc1Cl. The van der Waals surface area contributed by atoms with Crippen molar-refractivity contribution in [2.75, 3.05) is 4.72 Å². The van der Waals surface area contributed by atoms with Gasteiger partial charge >= 0.3 is 0 Å². The highest BCUT2D eigenvalue weighted by Crippen LogP contribution is 2.25. The lowest BCUT2D eigenvalue weighted by molar-refractivity contribution is 0.100. The molecule has 0 atom stereocenters. The average Bonchev–Trinajstić information content (AvgIpc) is 2.41. The van der Waals surface area contributed by atoms with Crippen molar-refractivity contribution in [2.24, 2.45) is 5.73 Å². The number of rotatable bonds is 4. The minimum atomic E-state index is -4.15. The molecule has 0 aromatic heterocycles. The van der Waals surface area contributed by atoms with Gasteiger partial charge in [0.05, 0.1) is 16.3 Å². The lowest BCUT2D eigenvalue weighted by atomic mass is 10.2. The molecule has 2 aromatic carbocycles. The summed E-state index contributed by atoms with van der Waals surface area (Å²) >= 11 is 5.77. The second-order valence-electron chi connectivity index (χ2n) is 4.09. The van der Waals surface area contributed by atoms with Crippen molar-refractivity contribution in [3.63, 3.8) is 0 Å². The first-order valence-electron chi connectivity index (χ1n) is 5.68. The van der Waals surface area contributed by atoms with Crippen molar-refractivity contribution in [3.8, 4) is 0 Å². The van der Waals surface area contributed by atoms with Crippen molar-refractivity contribution in [3.05, 3.63) is 58.9 Å². The minimum absolute atomic E-state index is 0.00593. The maximum Gasteiger partial charge on any atom is 0.263 e. The van der Waals surface area contributed by atoms with Crippen LogP contribution in [0, 0.1) is 5.82 Å². The number of anilines is 1. The Bertz CT molecular complexity index is 809. The number of carbonyl (C=O) groups excluding carboxylic acids is 1. The number of hydrogen-bond acceptors (Lipinski definition) is 3. The number of para-hydroxylation sites is 1. The van der Waals surface area contributed by atoms with E-state index in [4.69, 9.17) is 17.3 Å². The predicted octanol–water partition coefficient (Wildman–Crippen LogP) is 2.38. The molecule has 2 rings (SSSR count). The van der Waals surface area contributed by atoms with E-state index < -0.39 is 26.6 Å². The molecule has 3 N–H and O–H groups in total. The van der Waals surface area contributed by atoms with Gasteiger partial charge in [0, 0.05) is 0 Å². The summed E-state index contributed by atoms with van der Waals surface area (Å²) in [5.74, 6) is -1.54.